The van der Waals surface area contributed by atoms with Gasteiger partial charge >= 0.3 is 0 Å². The van der Waals surface area contributed by atoms with E-state index in [9.17, 15) is 4.79 Å². The first-order valence-electron chi connectivity index (χ1n) is 9.90. The van der Waals surface area contributed by atoms with Gasteiger partial charge in [-0.3, -0.25) is 9.36 Å². The smallest absolute Gasteiger partial charge is 0.262 e. The van der Waals surface area contributed by atoms with Gasteiger partial charge in [-0.15, -0.1) is 11.3 Å². The molecule has 2 aliphatic rings. The molecule has 0 spiro atoms. The van der Waals surface area contributed by atoms with Crippen LogP contribution in [0.2, 0.25) is 0 Å². The minimum Gasteiger partial charge on any atom is -0.296 e. The van der Waals surface area contributed by atoms with E-state index in [0.717, 1.165) is 54.7 Å². The molecule has 2 aromatic heterocycles. The van der Waals surface area contributed by atoms with Gasteiger partial charge in [-0.05, 0) is 49.0 Å². The maximum Gasteiger partial charge on any atom is 0.262 e. The van der Waals surface area contributed by atoms with E-state index in [4.69, 9.17) is 4.98 Å². The molecule has 0 saturated carbocycles. The van der Waals surface area contributed by atoms with Crippen LogP contribution in [0.25, 0.3) is 15.1 Å². The number of aromatic nitrogens is 2. The second-order valence-electron chi connectivity index (χ2n) is 7.36. The fraction of sp³-hybridized carbons (Fsp3) is 0.304. The summed E-state index contributed by atoms with van der Waals surface area (Å²) < 4.78 is 1.94. The number of rotatable bonds is 3. The van der Waals surface area contributed by atoms with Crippen LogP contribution in [0.4, 0.5) is 0 Å². The highest BCUT2D eigenvalue weighted by molar-refractivity contribution is 8.08. The fourth-order valence-corrected chi connectivity index (χ4v) is 6.71. The van der Waals surface area contributed by atoms with Crippen molar-refractivity contribution in [3.05, 3.63) is 75.2 Å². The molecule has 3 nitrogen and oxygen atoms in total. The highest BCUT2D eigenvalue weighted by atomic mass is 32.2. The lowest BCUT2D eigenvalue weighted by molar-refractivity contribution is 0.614. The monoisotopic (exact) mass is 406 g/mol. The number of hydrogen-bond acceptors (Lipinski definition) is 4. The number of fused-ring (bicyclic) bond motifs is 4. The number of benzene rings is 1. The van der Waals surface area contributed by atoms with Crippen LogP contribution in [-0.2, 0) is 19.4 Å². The minimum atomic E-state index is 0.172. The third-order valence-electron chi connectivity index (χ3n) is 5.62. The van der Waals surface area contributed by atoms with Crippen molar-refractivity contribution < 1.29 is 0 Å². The standard InChI is InChI=1S/C23H22N2OS2/c1-2-15-12-13-17-19-22(24-18-11-7-4-8-14-25(18)23(19)26)28-21(17)20(15)27-16-9-5-3-6-10-16/h2-3,5-6,9-10H,1,4,7-8,11-14H2. The van der Waals surface area contributed by atoms with Crippen LogP contribution in [0, 0.1) is 0 Å². The molecule has 0 bridgehead atoms. The molecule has 3 heterocycles. The van der Waals surface area contributed by atoms with Crippen molar-refractivity contribution in [3.63, 3.8) is 0 Å². The lowest BCUT2D eigenvalue weighted by Crippen LogP contribution is -2.24. The Morgan fingerprint density at radius 2 is 1.96 bits per heavy atom. The first-order chi connectivity index (χ1) is 13.8. The second-order valence-corrected chi connectivity index (χ2v) is 9.44. The molecular weight excluding hydrogens is 384 g/mol. The van der Waals surface area contributed by atoms with E-state index in [-0.39, 0.29) is 5.56 Å². The molecule has 0 fully saturated rings. The van der Waals surface area contributed by atoms with Crippen molar-refractivity contribution in [2.75, 3.05) is 0 Å². The molecule has 1 aliphatic carbocycles. The molecule has 0 atom stereocenters. The number of aryl methyl sites for hydroxylation is 2. The summed E-state index contributed by atoms with van der Waals surface area (Å²) in [5.41, 5.74) is 2.64. The Bertz CT molecular complexity index is 1150. The molecule has 0 unspecified atom stereocenters. The number of hydrogen-bond donors (Lipinski definition) is 0. The Hall–Kier alpha value is -2.11. The van der Waals surface area contributed by atoms with Gasteiger partial charge in [0.15, 0.2) is 0 Å². The van der Waals surface area contributed by atoms with E-state index in [1.54, 1.807) is 23.1 Å². The van der Waals surface area contributed by atoms with Crippen LogP contribution in [0.5, 0.6) is 0 Å². The summed E-state index contributed by atoms with van der Waals surface area (Å²) in [6, 6.07) is 10.4. The van der Waals surface area contributed by atoms with E-state index in [0.29, 0.717) is 0 Å². The third kappa shape index (κ3) is 2.97. The molecule has 0 radical (unpaired) electrons. The van der Waals surface area contributed by atoms with Crippen LogP contribution in [0.1, 0.15) is 41.9 Å². The van der Waals surface area contributed by atoms with Gasteiger partial charge < -0.3 is 0 Å². The van der Waals surface area contributed by atoms with Gasteiger partial charge in [-0.25, -0.2) is 4.98 Å². The maximum absolute atomic E-state index is 13.4. The Morgan fingerprint density at radius 1 is 1.11 bits per heavy atom. The van der Waals surface area contributed by atoms with Crippen LogP contribution < -0.4 is 5.56 Å². The summed E-state index contributed by atoms with van der Waals surface area (Å²) >= 11 is 3.47. The highest BCUT2D eigenvalue weighted by Gasteiger charge is 2.27. The average Bonchev–Trinajstić information content (AvgIpc) is 2.92. The van der Waals surface area contributed by atoms with E-state index in [1.165, 1.54) is 32.2 Å². The lowest BCUT2D eigenvalue weighted by atomic mass is 9.96. The van der Waals surface area contributed by atoms with Crippen molar-refractivity contribution in [1.29, 1.82) is 0 Å². The largest absolute Gasteiger partial charge is 0.296 e. The highest BCUT2D eigenvalue weighted by Crippen LogP contribution is 2.47. The quantitative estimate of drug-likeness (QED) is 0.550. The van der Waals surface area contributed by atoms with E-state index < -0.39 is 0 Å². The minimum absolute atomic E-state index is 0.172. The number of nitrogens with zero attached hydrogens (tertiary/aromatic N) is 2. The molecule has 5 heteroatoms. The summed E-state index contributed by atoms with van der Waals surface area (Å²) in [4.78, 5) is 22.9. The zero-order valence-electron chi connectivity index (χ0n) is 15.7. The van der Waals surface area contributed by atoms with Crippen LogP contribution in [0.3, 0.4) is 0 Å². The molecule has 28 heavy (non-hydrogen) atoms. The molecular formula is C23H22N2OS2. The number of thiophene rings is 1. The molecule has 1 aromatic carbocycles. The van der Waals surface area contributed by atoms with E-state index in [1.807, 2.05) is 16.7 Å². The first-order valence-corrected chi connectivity index (χ1v) is 11.5. The molecule has 142 valence electrons. The van der Waals surface area contributed by atoms with Gasteiger partial charge in [-0.1, -0.05) is 49.0 Å². The predicted molar refractivity (Wildman–Crippen MR) is 119 cm³/mol. The molecule has 0 N–H and O–H groups in total. The number of thioether (sulfide) groups is 1. The first kappa shape index (κ1) is 18.0. The van der Waals surface area contributed by atoms with Crippen molar-refractivity contribution >= 4 is 38.2 Å². The summed E-state index contributed by atoms with van der Waals surface area (Å²) in [6.45, 7) is 4.85. The Morgan fingerprint density at radius 3 is 2.79 bits per heavy atom. The predicted octanol–water partition coefficient (Wildman–Crippen LogP) is 5.82. The SMILES string of the molecule is C=CC1=C(Sc2ccccc2)c2sc3nc4n(c(=O)c3c2CC1)CCCCC4. The van der Waals surface area contributed by atoms with Crippen LogP contribution >= 0.6 is 23.1 Å². The molecule has 3 aromatic rings. The van der Waals surface area contributed by atoms with Gasteiger partial charge in [0.1, 0.15) is 10.7 Å². The van der Waals surface area contributed by atoms with Gasteiger partial charge in [-0.2, -0.15) is 0 Å². The second kappa shape index (κ2) is 7.37. The zero-order valence-corrected chi connectivity index (χ0v) is 17.4. The van der Waals surface area contributed by atoms with Gasteiger partial charge in [0, 0.05) is 27.6 Å². The Labute approximate surface area is 172 Å². The molecule has 5 rings (SSSR count). The number of allylic oxidation sites excluding steroid dienone is 2. The molecule has 1 aliphatic heterocycles. The average molecular weight is 407 g/mol. The van der Waals surface area contributed by atoms with Gasteiger partial charge in [0.2, 0.25) is 0 Å². The maximum atomic E-state index is 13.4. The summed E-state index contributed by atoms with van der Waals surface area (Å²) in [7, 11) is 0. The summed E-state index contributed by atoms with van der Waals surface area (Å²) in [5, 5.41) is 0.861. The van der Waals surface area contributed by atoms with Crippen molar-refractivity contribution in [3.8, 4) is 0 Å². The topological polar surface area (TPSA) is 34.9 Å². The van der Waals surface area contributed by atoms with E-state index >= 15 is 0 Å². The van der Waals surface area contributed by atoms with Crippen molar-refractivity contribution in [2.24, 2.45) is 0 Å². The lowest BCUT2D eigenvalue weighted by Gasteiger charge is -2.18. The Kier molecular flexibility index (Phi) is 4.73. The third-order valence-corrected chi connectivity index (χ3v) is 8.07. The Balaban J connectivity index is 1.70. The summed E-state index contributed by atoms with van der Waals surface area (Å²) in [6.07, 6.45) is 8.09. The van der Waals surface area contributed by atoms with Gasteiger partial charge in [0.25, 0.3) is 5.56 Å². The van der Waals surface area contributed by atoms with E-state index in [2.05, 4.69) is 30.8 Å². The normalized spacial score (nSPS) is 16.6. The molecule has 0 amide bonds. The fourth-order valence-electron chi connectivity index (χ4n) is 4.19. The molecule has 0 saturated heterocycles. The van der Waals surface area contributed by atoms with Crippen molar-refractivity contribution in [2.45, 2.75) is 50.0 Å². The van der Waals surface area contributed by atoms with Crippen LogP contribution in [-0.4, -0.2) is 9.55 Å². The summed E-state index contributed by atoms with van der Waals surface area (Å²) in [5.74, 6) is 0.971. The van der Waals surface area contributed by atoms with Gasteiger partial charge in [0.05, 0.1) is 5.39 Å². The van der Waals surface area contributed by atoms with Crippen molar-refractivity contribution in [1.82, 2.24) is 9.55 Å². The zero-order chi connectivity index (χ0) is 19.1. The van der Waals surface area contributed by atoms with Crippen LogP contribution in [0.15, 0.2) is 58.2 Å².